The summed E-state index contributed by atoms with van der Waals surface area (Å²) in [5.41, 5.74) is 1.50. The summed E-state index contributed by atoms with van der Waals surface area (Å²) in [6, 6.07) is 8.69. The number of ether oxygens (including phenoxy) is 1. The molecule has 7 nitrogen and oxygen atoms in total. The van der Waals surface area contributed by atoms with Crippen LogP contribution in [-0.4, -0.2) is 64.2 Å². The van der Waals surface area contributed by atoms with Gasteiger partial charge in [0.2, 0.25) is 0 Å². The first kappa shape index (κ1) is 29.8. The maximum Gasteiger partial charge on any atom is 0.319 e. The highest BCUT2D eigenvalue weighted by Gasteiger charge is 2.45. The van der Waals surface area contributed by atoms with Crippen molar-refractivity contribution in [1.29, 1.82) is 0 Å². The van der Waals surface area contributed by atoms with E-state index in [-0.39, 0.29) is 34.4 Å². The lowest BCUT2D eigenvalue weighted by molar-refractivity contribution is 0.108. The SMILES string of the molecule is C#Cc1c(F)ccc2cccc(-c3nc4c5c(nc(OCC67CCCN6CCC7)nc5c3F)N[C@@H](CNCCCC)CCC4)c12. The summed E-state index contributed by atoms with van der Waals surface area (Å²) in [5.74, 6) is 1.91. The van der Waals surface area contributed by atoms with Gasteiger partial charge in [0.25, 0.3) is 0 Å². The zero-order valence-corrected chi connectivity index (χ0v) is 25.9. The largest absolute Gasteiger partial charge is 0.461 e. The minimum atomic E-state index is -0.594. The molecule has 1 atom stereocenters. The molecule has 4 aromatic rings. The summed E-state index contributed by atoms with van der Waals surface area (Å²) in [6.07, 6.45) is 14.9. The van der Waals surface area contributed by atoms with E-state index in [0.29, 0.717) is 40.9 Å². The van der Waals surface area contributed by atoms with Crippen LogP contribution in [0.15, 0.2) is 30.3 Å². The third kappa shape index (κ3) is 5.49. The highest BCUT2D eigenvalue weighted by molar-refractivity contribution is 6.02. The van der Waals surface area contributed by atoms with Crippen LogP contribution in [-0.2, 0) is 6.42 Å². The topological polar surface area (TPSA) is 75.2 Å². The van der Waals surface area contributed by atoms with Crippen molar-refractivity contribution in [3.8, 4) is 29.6 Å². The van der Waals surface area contributed by atoms with E-state index in [4.69, 9.17) is 26.1 Å². The second kappa shape index (κ2) is 12.5. The molecule has 7 rings (SSSR count). The number of pyridine rings is 1. The lowest BCUT2D eigenvalue weighted by Gasteiger charge is -2.31. The quantitative estimate of drug-likeness (QED) is 0.163. The Morgan fingerprint density at radius 2 is 1.93 bits per heavy atom. The number of terminal acetylenes is 1. The molecule has 0 saturated carbocycles. The Bertz CT molecular complexity index is 1780. The van der Waals surface area contributed by atoms with Gasteiger partial charge in [-0.15, -0.1) is 6.42 Å². The molecule has 0 amide bonds. The first-order valence-corrected chi connectivity index (χ1v) is 16.4. The van der Waals surface area contributed by atoms with E-state index in [1.807, 2.05) is 12.1 Å². The number of nitrogens with zero attached hydrogens (tertiary/aromatic N) is 4. The van der Waals surface area contributed by atoms with Crippen molar-refractivity contribution in [3.05, 3.63) is 53.2 Å². The van der Waals surface area contributed by atoms with Gasteiger partial charge in [-0.25, -0.2) is 13.8 Å². The molecule has 45 heavy (non-hydrogen) atoms. The van der Waals surface area contributed by atoms with Gasteiger partial charge in [-0.2, -0.15) is 9.97 Å². The van der Waals surface area contributed by atoms with E-state index in [2.05, 4.69) is 28.4 Å². The highest BCUT2D eigenvalue weighted by atomic mass is 19.1. The third-order valence-electron chi connectivity index (χ3n) is 9.92. The molecule has 0 bridgehead atoms. The average molecular weight is 611 g/mol. The summed E-state index contributed by atoms with van der Waals surface area (Å²) in [6.45, 7) is 6.54. The molecule has 2 N–H and O–H groups in total. The normalized spacial score (nSPS) is 19.2. The summed E-state index contributed by atoms with van der Waals surface area (Å²) in [7, 11) is 0. The fraction of sp³-hybridized carbons (Fsp3) is 0.472. The maximum absolute atomic E-state index is 16.9. The monoisotopic (exact) mass is 610 g/mol. The zero-order valence-electron chi connectivity index (χ0n) is 25.9. The van der Waals surface area contributed by atoms with E-state index in [1.165, 1.54) is 6.07 Å². The molecule has 2 aromatic carbocycles. The molecule has 2 saturated heterocycles. The van der Waals surface area contributed by atoms with Crippen LogP contribution in [0.5, 0.6) is 6.01 Å². The van der Waals surface area contributed by atoms with Crippen molar-refractivity contribution in [1.82, 2.24) is 25.2 Å². The molecule has 234 valence electrons. The molecular weight excluding hydrogens is 570 g/mol. The standard InChI is InChI=1S/C36H40F2N6O/c1-3-5-18-39-21-24-11-7-13-28-30-33(42-35(43-34(30)40-24)45-22-36-16-8-19-44(36)20-9-17-36)31(38)32(41-28)26-12-6-10-23-14-15-27(37)25(4-2)29(23)26/h2,6,10,12,14-15,24,39H,3,5,7-9,11,13,16-22H2,1H3,(H,40,42,43)/t24-/m1/s1. The molecule has 5 heterocycles. The Hall–Kier alpha value is -3.87. The Morgan fingerprint density at radius 3 is 2.73 bits per heavy atom. The van der Waals surface area contributed by atoms with Gasteiger partial charge in [-0.1, -0.05) is 43.5 Å². The van der Waals surface area contributed by atoms with Gasteiger partial charge in [0.15, 0.2) is 5.82 Å². The van der Waals surface area contributed by atoms with Crippen molar-refractivity contribution in [2.75, 3.05) is 38.1 Å². The number of benzene rings is 2. The molecule has 0 radical (unpaired) electrons. The fourth-order valence-electron chi connectivity index (χ4n) is 7.62. The average Bonchev–Trinajstić information content (AvgIpc) is 3.62. The van der Waals surface area contributed by atoms with E-state index in [1.54, 1.807) is 12.1 Å². The first-order valence-electron chi connectivity index (χ1n) is 16.4. The predicted octanol–water partition coefficient (Wildman–Crippen LogP) is 6.62. The third-order valence-corrected chi connectivity index (χ3v) is 9.92. The van der Waals surface area contributed by atoms with Crippen LogP contribution in [0, 0.1) is 24.0 Å². The number of hydrogen-bond donors (Lipinski definition) is 2. The predicted molar refractivity (Wildman–Crippen MR) is 175 cm³/mol. The van der Waals surface area contributed by atoms with Crippen LogP contribution in [0.3, 0.4) is 0 Å². The van der Waals surface area contributed by atoms with E-state index in [0.717, 1.165) is 82.9 Å². The van der Waals surface area contributed by atoms with E-state index >= 15 is 4.39 Å². The lowest BCUT2D eigenvalue weighted by atomic mass is 9.95. The van der Waals surface area contributed by atoms with Crippen molar-refractivity contribution in [2.45, 2.75) is 76.3 Å². The number of halogens is 2. The lowest BCUT2D eigenvalue weighted by Crippen LogP contribution is -2.43. The van der Waals surface area contributed by atoms with Crippen LogP contribution >= 0.6 is 0 Å². The number of rotatable bonds is 9. The van der Waals surface area contributed by atoms with Crippen LogP contribution in [0.25, 0.3) is 32.9 Å². The Labute approximate surface area is 263 Å². The number of aryl methyl sites for hydroxylation is 1. The van der Waals surface area contributed by atoms with Crippen LogP contribution in [0.4, 0.5) is 14.6 Å². The van der Waals surface area contributed by atoms with Crippen molar-refractivity contribution < 1.29 is 13.5 Å². The number of unbranched alkanes of at least 4 members (excludes halogenated alkanes) is 1. The van der Waals surface area contributed by atoms with Gasteiger partial charge in [-0.3, -0.25) is 4.90 Å². The van der Waals surface area contributed by atoms with Crippen LogP contribution in [0.2, 0.25) is 0 Å². The molecular formula is C36H40F2N6O. The minimum absolute atomic E-state index is 0.00512. The molecule has 0 aliphatic carbocycles. The van der Waals surface area contributed by atoms with Crippen molar-refractivity contribution >= 4 is 27.5 Å². The van der Waals surface area contributed by atoms with E-state index < -0.39 is 11.6 Å². The Kier molecular flexibility index (Phi) is 8.28. The minimum Gasteiger partial charge on any atom is -0.461 e. The second-order valence-electron chi connectivity index (χ2n) is 12.8. The number of anilines is 1. The molecule has 2 fully saturated rings. The highest BCUT2D eigenvalue weighted by Crippen LogP contribution is 2.41. The van der Waals surface area contributed by atoms with Gasteiger partial charge < -0.3 is 15.4 Å². The van der Waals surface area contributed by atoms with Gasteiger partial charge in [0.1, 0.15) is 29.5 Å². The number of aromatic nitrogens is 3. The van der Waals surface area contributed by atoms with Crippen molar-refractivity contribution in [2.24, 2.45) is 0 Å². The fourth-order valence-corrected chi connectivity index (χ4v) is 7.62. The summed E-state index contributed by atoms with van der Waals surface area (Å²) in [5, 5.41) is 8.92. The molecule has 0 spiro atoms. The molecule has 2 aromatic heterocycles. The number of hydrogen-bond acceptors (Lipinski definition) is 7. The molecule has 0 unspecified atom stereocenters. The van der Waals surface area contributed by atoms with Crippen LogP contribution in [0.1, 0.15) is 69.5 Å². The summed E-state index contributed by atoms with van der Waals surface area (Å²) in [4.78, 5) is 17.0. The number of fused-ring (bicyclic) bond motifs is 2. The summed E-state index contributed by atoms with van der Waals surface area (Å²) < 4.78 is 38.2. The smallest absolute Gasteiger partial charge is 0.319 e. The Morgan fingerprint density at radius 1 is 1.09 bits per heavy atom. The van der Waals surface area contributed by atoms with Gasteiger partial charge in [-0.05, 0) is 82.5 Å². The molecule has 3 aliphatic rings. The second-order valence-corrected chi connectivity index (χ2v) is 12.8. The molecule has 3 aliphatic heterocycles. The van der Waals surface area contributed by atoms with E-state index in [9.17, 15) is 4.39 Å². The molecule has 9 heteroatoms. The first-order chi connectivity index (χ1) is 22.0. The number of nitrogens with one attached hydrogen (secondary N) is 2. The van der Waals surface area contributed by atoms with Gasteiger partial charge in [0, 0.05) is 23.5 Å². The Balaban J connectivity index is 1.36. The van der Waals surface area contributed by atoms with Gasteiger partial charge in [0.05, 0.1) is 22.2 Å². The zero-order chi connectivity index (χ0) is 31.0. The van der Waals surface area contributed by atoms with Crippen molar-refractivity contribution in [3.63, 3.8) is 0 Å². The maximum atomic E-state index is 16.9. The van der Waals surface area contributed by atoms with Crippen LogP contribution < -0.4 is 15.4 Å². The summed E-state index contributed by atoms with van der Waals surface area (Å²) >= 11 is 0. The van der Waals surface area contributed by atoms with Gasteiger partial charge >= 0.3 is 6.01 Å².